The molecular formula is C18H24F2N4O2. The second-order valence-corrected chi connectivity index (χ2v) is 7.76. The zero-order valence-electron chi connectivity index (χ0n) is 14.7. The molecule has 2 fully saturated rings. The van der Waals surface area contributed by atoms with Crippen LogP contribution in [0.2, 0.25) is 0 Å². The van der Waals surface area contributed by atoms with Gasteiger partial charge in [0.25, 0.3) is 5.91 Å². The SMILES string of the molecule is O=C(NC1CCCC1)c1ncn2c1CN(C(=O)C1CC(F)(F)C1)CCC2. The average Bonchev–Trinajstić information content (AvgIpc) is 3.17. The van der Waals surface area contributed by atoms with E-state index in [0.717, 1.165) is 32.1 Å². The maximum absolute atomic E-state index is 13.1. The Kier molecular flexibility index (Phi) is 4.44. The molecular weight excluding hydrogens is 342 g/mol. The number of nitrogens with one attached hydrogen (secondary N) is 1. The van der Waals surface area contributed by atoms with E-state index < -0.39 is 11.8 Å². The highest BCUT2D eigenvalue weighted by atomic mass is 19.3. The Balaban J connectivity index is 1.47. The van der Waals surface area contributed by atoms with E-state index in [4.69, 9.17) is 0 Å². The molecule has 8 heteroatoms. The van der Waals surface area contributed by atoms with Crippen molar-refractivity contribution in [2.75, 3.05) is 6.54 Å². The van der Waals surface area contributed by atoms with Crippen molar-refractivity contribution in [2.45, 2.75) is 70.0 Å². The minimum atomic E-state index is -2.71. The van der Waals surface area contributed by atoms with Gasteiger partial charge in [0.05, 0.1) is 18.6 Å². The van der Waals surface area contributed by atoms with Crippen LogP contribution in [0.25, 0.3) is 0 Å². The summed E-state index contributed by atoms with van der Waals surface area (Å²) < 4.78 is 28.1. The fourth-order valence-electron chi connectivity index (χ4n) is 4.25. The van der Waals surface area contributed by atoms with Gasteiger partial charge < -0.3 is 14.8 Å². The Morgan fingerprint density at radius 1 is 1.15 bits per heavy atom. The Hall–Kier alpha value is -1.99. The Morgan fingerprint density at radius 3 is 2.58 bits per heavy atom. The average molecular weight is 366 g/mol. The van der Waals surface area contributed by atoms with Crippen molar-refractivity contribution in [3.63, 3.8) is 0 Å². The highest BCUT2D eigenvalue weighted by molar-refractivity contribution is 5.93. The first-order valence-electron chi connectivity index (χ1n) is 9.44. The van der Waals surface area contributed by atoms with Gasteiger partial charge in [-0.2, -0.15) is 0 Å². The predicted octanol–water partition coefficient (Wildman–Crippen LogP) is 2.33. The number of nitrogens with zero attached hydrogens (tertiary/aromatic N) is 3. The minimum Gasteiger partial charge on any atom is -0.348 e. The molecule has 1 aromatic rings. The molecule has 2 amide bonds. The number of aryl methyl sites for hydroxylation is 1. The summed E-state index contributed by atoms with van der Waals surface area (Å²) in [5, 5.41) is 3.03. The number of hydrogen-bond donors (Lipinski definition) is 1. The van der Waals surface area contributed by atoms with E-state index in [-0.39, 0.29) is 37.2 Å². The summed E-state index contributed by atoms with van der Waals surface area (Å²) in [6.07, 6.45) is 5.87. The third-order valence-electron chi connectivity index (χ3n) is 5.77. The fourth-order valence-corrected chi connectivity index (χ4v) is 4.25. The zero-order valence-corrected chi connectivity index (χ0v) is 14.7. The largest absolute Gasteiger partial charge is 0.348 e. The van der Waals surface area contributed by atoms with E-state index in [1.54, 1.807) is 11.2 Å². The van der Waals surface area contributed by atoms with Gasteiger partial charge in [-0.05, 0) is 19.3 Å². The lowest BCUT2D eigenvalue weighted by Crippen LogP contribution is -2.46. The van der Waals surface area contributed by atoms with Crippen molar-refractivity contribution in [3.05, 3.63) is 17.7 Å². The molecule has 0 atom stereocenters. The molecule has 0 spiro atoms. The van der Waals surface area contributed by atoms with E-state index in [9.17, 15) is 18.4 Å². The first-order valence-corrected chi connectivity index (χ1v) is 9.44. The number of rotatable bonds is 3. The highest BCUT2D eigenvalue weighted by Gasteiger charge is 2.50. The number of carbonyl (C=O) groups is 2. The molecule has 1 N–H and O–H groups in total. The van der Waals surface area contributed by atoms with Crippen LogP contribution in [0.3, 0.4) is 0 Å². The van der Waals surface area contributed by atoms with Crippen LogP contribution in [-0.4, -0.2) is 44.8 Å². The van der Waals surface area contributed by atoms with Crippen LogP contribution < -0.4 is 5.32 Å². The third-order valence-corrected chi connectivity index (χ3v) is 5.77. The highest BCUT2D eigenvalue weighted by Crippen LogP contribution is 2.43. The van der Waals surface area contributed by atoms with Crippen molar-refractivity contribution >= 4 is 11.8 Å². The molecule has 0 aromatic carbocycles. The summed E-state index contributed by atoms with van der Waals surface area (Å²) >= 11 is 0. The number of alkyl halides is 2. The smallest absolute Gasteiger partial charge is 0.272 e. The normalized spacial score (nSPS) is 23.2. The monoisotopic (exact) mass is 366 g/mol. The van der Waals surface area contributed by atoms with Crippen molar-refractivity contribution < 1.29 is 18.4 Å². The molecule has 0 saturated heterocycles. The minimum absolute atomic E-state index is 0.195. The van der Waals surface area contributed by atoms with Crippen LogP contribution in [0.4, 0.5) is 8.78 Å². The number of aromatic nitrogens is 2. The lowest BCUT2D eigenvalue weighted by atomic mass is 9.80. The van der Waals surface area contributed by atoms with E-state index in [1.807, 2.05) is 4.57 Å². The number of amides is 2. The molecule has 142 valence electrons. The Labute approximate surface area is 150 Å². The molecule has 0 bridgehead atoms. The van der Waals surface area contributed by atoms with Gasteiger partial charge in [-0.25, -0.2) is 13.8 Å². The Bertz CT molecular complexity index is 704. The maximum Gasteiger partial charge on any atom is 0.272 e. The molecule has 0 unspecified atom stereocenters. The number of halogens is 2. The van der Waals surface area contributed by atoms with Gasteiger partial charge in [-0.1, -0.05) is 12.8 Å². The maximum atomic E-state index is 13.1. The van der Waals surface area contributed by atoms with Crippen LogP contribution in [-0.2, 0) is 17.9 Å². The van der Waals surface area contributed by atoms with Gasteiger partial charge in [0.2, 0.25) is 11.8 Å². The molecule has 3 aliphatic rings. The van der Waals surface area contributed by atoms with E-state index >= 15 is 0 Å². The lowest BCUT2D eigenvalue weighted by Gasteiger charge is -2.36. The van der Waals surface area contributed by atoms with E-state index in [1.165, 1.54) is 0 Å². The summed E-state index contributed by atoms with van der Waals surface area (Å²) in [7, 11) is 0. The predicted molar refractivity (Wildman–Crippen MR) is 89.7 cm³/mol. The molecule has 4 rings (SSSR count). The molecule has 1 aromatic heterocycles. The topological polar surface area (TPSA) is 67.2 Å². The standard InChI is InChI=1S/C18H24F2N4O2/c19-18(20)8-12(9-18)17(26)23-6-3-7-24-11-21-15(14(24)10-23)16(25)22-13-4-1-2-5-13/h11-13H,1-10H2,(H,22,25). The van der Waals surface area contributed by atoms with Crippen LogP contribution in [0.1, 0.15) is 61.1 Å². The summed E-state index contributed by atoms with van der Waals surface area (Å²) in [4.78, 5) is 31.1. The molecule has 2 heterocycles. The van der Waals surface area contributed by atoms with Gasteiger partial charge in [0, 0.05) is 37.9 Å². The molecule has 0 radical (unpaired) electrons. The molecule has 6 nitrogen and oxygen atoms in total. The van der Waals surface area contributed by atoms with Crippen molar-refractivity contribution in [1.82, 2.24) is 19.8 Å². The molecule has 2 aliphatic carbocycles. The zero-order chi connectivity index (χ0) is 18.3. The molecule has 26 heavy (non-hydrogen) atoms. The second-order valence-electron chi connectivity index (χ2n) is 7.76. The first kappa shape index (κ1) is 17.4. The van der Waals surface area contributed by atoms with Gasteiger partial charge in [-0.3, -0.25) is 9.59 Å². The summed E-state index contributed by atoms with van der Waals surface area (Å²) in [5.74, 6) is -3.74. The number of fused-ring (bicyclic) bond motifs is 1. The Morgan fingerprint density at radius 2 is 1.88 bits per heavy atom. The van der Waals surface area contributed by atoms with E-state index in [0.29, 0.717) is 24.5 Å². The third kappa shape index (κ3) is 3.33. The molecule has 2 saturated carbocycles. The quantitative estimate of drug-likeness (QED) is 0.893. The number of carbonyl (C=O) groups excluding carboxylic acids is 2. The number of hydrogen-bond acceptors (Lipinski definition) is 3. The lowest BCUT2D eigenvalue weighted by molar-refractivity contribution is -0.160. The van der Waals surface area contributed by atoms with Crippen LogP contribution in [0.5, 0.6) is 0 Å². The van der Waals surface area contributed by atoms with Gasteiger partial charge in [0.15, 0.2) is 5.69 Å². The number of imidazole rings is 1. The molecule has 1 aliphatic heterocycles. The summed E-state index contributed by atoms with van der Waals surface area (Å²) in [6.45, 7) is 1.45. The summed E-state index contributed by atoms with van der Waals surface area (Å²) in [6, 6.07) is 0.195. The van der Waals surface area contributed by atoms with Gasteiger partial charge >= 0.3 is 0 Å². The van der Waals surface area contributed by atoms with Gasteiger partial charge in [-0.15, -0.1) is 0 Å². The first-order chi connectivity index (χ1) is 12.4. The van der Waals surface area contributed by atoms with Crippen LogP contribution >= 0.6 is 0 Å². The van der Waals surface area contributed by atoms with Gasteiger partial charge in [0.1, 0.15) is 0 Å². The van der Waals surface area contributed by atoms with E-state index in [2.05, 4.69) is 10.3 Å². The van der Waals surface area contributed by atoms with Crippen LogP contribution in [0, 0.1) is 5.92 Å². The van der Waals surface area contributed by atoms with Crippen molar-refractivity contribution in [1.29, 1.82) is 0 Å². The fraction of sp³-hybridized carbons (Fsp3) is 0.722. The van der Waals surface area contributed by atoms with Crippen molar-refractivity contribution in [3.8, 4) is 0 Å². The second kappa shape index (κ2) is 6.63. The van der Waals surface area contributed by atoms with Crippen molar-refractivity contribution in [2.24, 2.45) is 5.92 Å². The van der Waals surface area contributed by atoms with Crippen LogP contribution in [0.15, 0.2) is 6.33 Å². The summed E-state index contributed by atoms with van der Waals surface area (Å²) in [5.41, 5.74) is 1.06.